The van der Waals surface area contributed by atoms with Gasteiger partial charge in [0, 0.05) is 32.1 Å². The zero-order chi connectivity index (χ0) is 24.2. The molecule has 1 unspecified atom stereocenters. The normalized spacial score (nSPS) is 21.8. The van der Waals surface area contributed by atoms with Gasteiger partial charge in [-0.3, -0.25) is 14.5 Å². The number of nitrogens with zero attached hydrogens (tertiary/aromatic N) is 2. The number of hydrogen-bond acceptors (Lipinski definition) is 6. The second kappa shape index (κ2) is 10.3. The number of carbonyl (C=O) groups excluding carboxylic acids is 1. The average molecular weight is 469 g/mol. The van der Waals surface area contributed by atoms with Crippen LogP contribution >= 0.6 is 0 Å². The first-order chi connectivity index (χ1) is 16.4. The molecule has 1 fully saturated rings. The van der Waals surface area contributed by atoms with E-state index in [4.69, 9.17) is 14.2 Å². The van der Waals surface area contributed by atoms with Crippen molar-refractivity contribution in [3.05, 3.63) is 53.6 Å². The number of fused-ring (bicyclic) bond motifs is 1. The minimum Gasteiger partial charge on any atom is -0.497 e. The third-order valence-corrected chi connectivity index (χ3v) is 6.66. The first kappa shape index (κ1) is 23.9. The molecule has 0 aliphatic carbocycles. The van der Waals surface area contributed by atoms with E-state index in [-0.39, 0.29) is 18.4 Å². The van der Waals surface area contributed by atoms with E-state index in [0.717, 1.165) is 17.5 Å². The number of methoxy groups -OCH3 is 1. The van der Waals surface area contributed by atoms with Crippen LogP contribution < -0.4 is 14.2 Å². The number of carbonyl (C=O) groups is 2. The highest BCUT2D eigenvalue weighted by Gasteiger charge is 2.48. The van der Waals surface area contributed by atoms with Crippen LogP contribution in [0.5, 0.6) is 17.2 Å². The molecule has 1 N–H and O–H groups in total. The smallest absolute Gasteiger partial charge is 0.309 e. The highest BCUT2D eigenvalue weighted by Crippen LogP contribution is 2.47. The number of hydrogen-bond donors (Lipinski definition) is 1. The van der Waals surface area contributed by atoms with Crippen molar-refractivity contribution < 1.29 is 28.9 Å². The molecule has 2 aromatic carbocycles. The van der Waals surface area contributed by atoms with Crippen LogP contribution in [0.1, 0.15) is 36.4 Å². The van der Waals surface area contributed by atoms with Crippen LogP contribution in [0.2, 0.25) is 0 Å². The molecular weight excluding hydrogens is 436 g/mol. The molecule has 1 amide bonds. The Morgan fingerprint density at radius 2 is 1.76 bits per heavy atom. The number of ether oxygens (including phenoxy) is 3. The lowest BCUT2D eigenvalue weighted by atomic mass is 9.82. The van der Waals surface area contributed by atoms with E-state index in [0.29, 0.717) is 43.6 Å². The standard InChI is InChI=1S/C26H32N2O6/c1-4-11-27(2)23(29)16-28-15-20(18-7-10-21-22(14-18)34-13-12-33-21)24(26(30)31)25(28)17-5-8-19(32-3)9-6-17/h5-10,14,20,24-25H,4,11-13,15-16H2,1-3H3,(H,30,31)/t20?,24-,25+/m0/s1. The third kappa shape index (κ3) is 4.82. The maximum absolute atomic E-state index is 13.0. The Balaban J connectivity index is 1.71. The maximum Gasteiger partial charge on any atom is 0.309 e. The van der Waals surface area contributed by atoms with E-state index in [1.807, 2.05) is 54.3 Å². The predicted octanol–water partition coefficient (Wildman–Crippen LogP) is 3.18. The van der Waals surface area contributed by atoms with Gasteiger partial charge in [-0.1, -0.05) is 25.1 Å². The second-order valence-electron chi connectivity index (χ2n) is 8.84. The fourth-order valence-electron chi connectivity index (χ4n) is 4.97. The van der Waals surface area contributed by atoms with Crippen LogP contribution in [0, 0.1) is 5.92 Å². The SMILES string of the molecule is CCCN(C)C(=O)CN1CC(c2ccc3c(c2)OCCO3)[C@H](C(=O)O)[C@H]1c1ccc(OC)cc1. The largest absolute Gasteiger partial charge is 0.497 e. The van der Waals surface area contributed by atoms with Gasteiger partial charge in [-0.2, -0.15) is 0 Å². The minimum atomic E-state index is -0.891. The number of likely N-dealkylation sites (tertiary alicyclic amines) is 1. The van der Waals surface area contributed by atoms with E-state index >= 15 is 0 Å². The summed E-state index contributed by atoms with van der Waals surface area (Å²) < 4.78 is 16.7. The third-order valence-electron chi connectivity index (χ3n) is 6.66. The van der Waals surface area contributed by atoms with Crippen molar-refractivity contribution in [2.24, 2.45) is 5.92 Å². The molecule has 182 valence electrons. The summed E-state index contributed by atoms with van der Waals surface area (Å²) in [5.74, 6) is 0.0306. The summed E-state index contributed by atoms with van der Waals surface area (Å²) in [6, 6.07) is 12.6. The van der Waals surface area contributed by atoms with Gasteiger partial charge in [-0.25, -0.2) is 0 Å². The molecule has 2 aliphatic rings. The lowest BCUT2D eigenvalue weighted by molar-refractivity contribution is -0.143. The Kier molecular flexibility index (Phi) is 7.26. The second-order valence-corrected chi connectivity index (χ2v) is 8.84. The van der Waals surface area contributed by atoms with Gasteiger partial charge in [0.1, 0.15) is 19.0 Å². The van der Waals surface area contributed by atoms with Crippen LogP contribution in [0.3, 0.4) is 0 Å². The Bertz CT molecular complexity index is 1020. The number of benzene rings is 2. The zero-order valence-corrected chi connectivity index (χ0v) is 19.9. The molecule has 34 heavy (non-hydrogen) atoms. The van der Waals surface area contributed by atoms with Crippen LogP contribution in [0.15, 0.2) is 42.5 Å². The van der Waals surface area contributed by atoms with Crippen molar-refractivity contribution in [2.75, 3.05) is 47.0 Å². The molecule has 2 aliphatic heterocycles. The minimum absolute atomic E-state index is 0.0210. The van der Waals surface area contributed by atoms with Crippen molar-refractivity contribution >= 4 is 11.9 Å². The number of likely N-dealkylation sites (N-methyl/N-ethyl adjacent to an activating group) is 1. The summed E-state index contributed by atoms with van der Waals surface area (Å²) in [6.07, 6.45) is 0.863. The van der Waals surface area contributed by atoms with E-state index in [1.54, 1.807) is 19.1 Å². The number of aliphatic carboxylic acids is 1. The summed E-state index contributed by atoms with van der Waals surface area (Å²) in [5, 5.41) is 10.4. The van der Waals surface area contributed by atoms with Crippen molar-refractivity contribution in [1.29, 1.82) is 0 Å². The summed E-state index contributed by atoms with van der Waals surface area (Å²) in [7, 11) is 3.38. The van der Waals surface area contributed by atoms with Gasteiger partial charge in [-0.05, 0) is 41.8 Å². The van der Waals surface area contributed by atoms with Gasteiger partial charge in [0.2, 0.25) is 5.91 Å². The molecule has 2 aromatic rings. The summed E-state index contributed by atoms with van der Waals surface area (Å²) >= 11 is 0. The molecule has 8 heteroatoms. The van der Waals surface area contributed by atoms with E-state index in [9.17, 15) is 14.7 Å². The van der Waals surface area contributed by atoms with Crippen LogP contribution in [0.4, 0.5) is 0 Å². The lowest BCUT2D eigenvalue weighted by Crippen LogP contribution is -2.39. The average Bonchev–Trinajstić information content (AvgIpc) is 3.23. The predicted molar refractivity (Wildman–Crippen MR) is 127 cm³/mol. The van der Waals surface area contributed by atoms with Crippen molar-refractivity contribution in [1.82, 2.24) is 9.80 Å². The van der Waals surface area contributed by atoms with Gasteiger partial charge in [0.05, 0.1) is 19.6 Å². The van der Waals surface area contributed by atoms with Crippen molar-refractivity contribution in [2.45, 2.75) is 25.3 Å². The fraction of sp³-hybridized carbons (Fsp3) is 0.462. The van der Waals surface area contributed by atoms with Crippen LogP contribution in [-0.2, 0) is 9.59 Å². The molecule has 0 saturated carbocycles. The Hall–Kier alpha value is -3.26. The monoisotopic (exact) mass is 468 g/mol. The number of carboxylic acids is 1. The Morgan fingerprint density at radius 1 is 1.09 bits per heavy atom. The van der Waals surface area contributed by atoms with Crippen molar-refractivity contribution in [3.63, 3.8) is 0 Å². The Labute approximate surface area is 200 Å². The molecule has 0 bridgehead atoms. The van der Waals surface area contributed by atoms with Gasteiger partial charge >= 0.3 is 5.97 Å². The first-order valence-corrected chi connectivity index (χ1v) is 11.7. The molecule has 0 spiro atoms. The number of rotatable bonds is 8. The van der Waals surface area contributed by atoms with Gasteiger partial charge in [0.15, 0.2) is 11.5 Å². The number of amides is 1. The van der Waals surface area contributed by atoms with Gasteiger partial charge in [0.25, 0.3) is 0 Å². The van der Waals surface area contributed by atoms with E-state index < -0.39 is 17.9 Å². The van der Waals surface area contributed by atoms with Crippen LogP contribution in [-0.4, -0.2) is 73.8 Å². The molecule has 0 radical (unpaired) electrons. The van der Waals surface area contributed by atoms with Gasteiger partial charge < -0.3 is 24.2 Å². The Morgan fingerprint density at radius 3 is 2.41 bits per heavy atom. The topological polar surface area (TPSA) is 88.5 Å². The zero-order valence-electron chi connectivity index (χ0n) is 19.9. The molecular formula is C26H32N2O6. The highest BCUT2D eigenvalue weighted by atomic mass is 16.6. The highest BCUT2D eigenvalue weighted by molar-refractivity contribution is 5.79. The number of carboxylic acid groups (broad SMARTS) is 1. The quantitative estimate of drug-likeness (QED) is 0.637. The molecule has 2 heterocycles. The van der Waals surface area contributed by atoms with Crippen molar-refractivity contribution in [3.8, 4) is 17.2 Å². The fourth-order valence-corrected chi connectivity index (χ4v) is 4.97. The summed E-state index contributed by atoms with van der Waals surface area (Å²) in [6.45, 7) is 4.24. The van der Waals surface area contributed by atoms with Crippen LogP contribution in [0.25, 0.3) is 0 Å². The first-order valence-electron chi connectivity index (χ1n) is 11.7. The van der Waals surface area contributed by atoms with E-state index in [2.05, 4.69) is 0 Å². The molecule has 1 saturated heterocycles. The van der Waals surface area contributed by atoms with Gasteiger partial charge in [-0.15, -0.1) is 0 Å². The summed E-state index contributed by atoms with van der Waals surface area (Å²) in [5.41, 5.74) is 1.71. The van der Waals surface area contributed by atoms with E-state index in [1.165, 1.54) is 0 Å². The summed E-state index contributed by atoms with van der Waals surface area (Å²) in [4.78, 5) is 29.3. The maximum atomic E-state index is 13.0. The molecule has 0 aromatic heterocycles. The molecule has 4 rings (SSSR count). The molecule has 3 atom stereocenters. The lowest BCUT2D eigenvalue weighted by Gasteiger charge is -2.28. The molecule has 8 nitrogen and oxygen atoms in total.